The lowest BCUT2D eigenvalue weighted by Crippen LogP contribution is -2.35. The van der Waals surface area contributed by atoms with Crippen molar-refractivity contribution in [2.45, 2.75) is 32.2 Å². The molecule has 0 rings (SSSR count). The van der Waals surface area contributed by atoms with Crippen molar-refractivity contribution in [1.82, 2.24) is 5.48 Å². The summed E-state index contributed by atoms with van der Waals surface area (Å²) in [6, 6.07) is 0. The van der Waals surface area contributed by atoms with Crippen molar-refractivity contribution in [3.63, 3.8) is 0 Å². The number of nitrogens with one attached hydrogen (secondary N) is 1. The summed E-state index contributed by atoms with van der Waals surface area (Å²) in [6.07, 6.45) is 0.793. The van der Waals surface area contributed by atoms with Gasteiger partial charge in [0.1, 0.15) is 0 Å². The fourth-order valence-electron chi connectivity index (χ4n) is 0.674. The van der Waals surface area contributed by atoms with Crippen molar-refractivity contribution >= 4 is 11.8 Å². The lowest BCUT2D eigenvalue weighted by molar-refractivity contribution is -0.138. The summed E-state index contributed by atoms with van der Waals surface area (Å²) in [7, 11) is 0. The van der Waals surface area contributed by atoms with Crippen molar-refractivity contribution in [3.8, 4) is 0 Å². The number of hydrogen-bond acceptors (Lipinski definition) is 4. The van der Waals surface area contributed by atoms with Crippen LogP contribution in [0.2, 0.25) is 0 Å². The van der Waals surface area contributed by atoms with Gasteiger partial charge in [-0.1, -0.05) is 0 Å². The van der Waals surface area contributed by atoms with Crippen molar-refractivity contribution < 1.29 is 14.4 Å². The van der Waals surface area contributed by atoms with Crippen LogP contribution in [-0.4, -0.2) is 24.0 Å². The summed E-state index contributed by atoms with van der Waals surface area (Å²) in [5.74, 6) is -0.950. The number of carbonyl (C=O) groups is 2. The van der Waals surface area contributed by atoms with E-state index in [1.165, 1.54) is 0 Å². The number of hydroxylamine groups is 1. The van der Waals surface area contributed by atoms with Gasteiger partial charge >= 0.3 is 0 Å². The number of hydrogen-bond donors (Lipinski definition) is 3. The van der Waals surface area contributed by atoms with E-state index >= 15 is 0 Å². The van der Waals surface area contributed by atoms with E-state index in [-0.39, 0.29) is 24.5 Å². The third kappa shape index (κ3) is 8.95. The second-order valence-electron chi connectivity index (χ2n) is 3.77. The molecule has 0 aromatic rings. The van der Waals surface area contributed by atoms with Gasteiger partial charge in [-0.25, -0.2) is 5.48 Å². The maximum absolute atomic E-state index is 11.0. The fraction of sp³-hybridized carbons (Fsp3) is 0.750. The molecule has 0 atom stereocenters. The standard InChI is InChI=1S/C8H17N3O3/c1-8(2,10)4-3-7(13)11-14-5-6(9)12/h3-5,10H2,1-2H3,(H2,9,12)(H,11,13). The van der Waals surface area contributed by atoms with E-state index in [0.717, 1.165) is 0 Å². The van der Waals surface area contributed by atoms with Crippen LogP contribution in [-0.2, 0) is 14.4 Å². The van der Waals surface area contributed by atoms with Gasteiger partial charge in [0, 0.05) is 12.0 Å². The lowest BCUT2D eigenvalue weighted by atomic mass is 10.0. The lowest BCUT2D eigenvalue weighted by Gasteiger charge is -2.17. The Hall–Kier alpha value is -1.14. The zero-order valence-corrected chi connectivity index (χ0v) is 8.50. The first kappa shape index (κ1) is 12.9. The van der Waals surface area contributed by atoms with Gasteiger partial charge in [-0.2, -0.15) is 0 Å². The van der Waals surface area contributed by atoms with Gasteiger partial charge in [-0.3, -0.25) is 14.4 Å². The van der Waals surface area contributed by atoms with Crippen LogP contribution in [0.5, 0.6) is 0 Å². The van der Waals surface area contributed by atoms with Crippen molar-refractivity contribution in [2.24, 2.45) is 11.5 Å². The maximum atomic E-state index is 11.0. The van der Waals surface area contributed by atoms with E-state index in [0.29, 0.717) is 6.42 Å². The predicted octanol–water partition coefficient (Wildman–Crippen LogP) is -0.963. The molecule has 6 heteroatoms. The summed E-state index contributed by atoms with van der Waals surface area (Å²) >= 11 is 0. The molecular weight excluding hydrogens is 186 g/mol. The number of rotatable bonds is 6. The highest BCUT2D eigenvalue weighted by molar-refractivity contribution is 5.76. The molecule has 0 fully saturated rings. The highest BCUT2D eigenvalue weighted by Gasteiger charge is 2.13. The Bertz CT molecular complexity index is 210. The normalized spacial score (nSPS) is 11.1. The van der Waals surface area contributed by atoms with Crippen LogP contribution in [0.25, 0.3) is 0 Å². The molecule has 0 aromatic carbocycles. The molecule has 6 nitrogen and oxygen atoms in total. The quantitative estimate of drug-likeness (QED) is 0.483. The van der Waals surface area contributed by atoms with Gasteiger partial charge < -0.3 is 11.5 Å². The molecule has 0 aromatic heterocycles. The number of amides is 2. The SMILES string of the molecule is CC(C)(N)CCC(=O)NOCC(N)=O. The van der Waals surface area contributed by atoms with Gasteiger partial charge in [0.25, 0.3) is 0 Å². The molecule has 0 radical (unpaired) electrons. The molecule has 0 heterocycles. The Balaban J connectivity index is 3.52. The average molecular weight is 203 g/mol. The largest absolute Gasteiger partial charge is 0.368 e. The van der Waals surface area contributed by atoms with Crippen LogP contribution < -0.4 is 16.9 Å². The third-order valence-corrected chi connectivity index (χ3v) is 1.40. The maximum Gasteiger partial charge on any atom is 0.246 e. The minimum absolute atomic E-state index is 0.252. The Kier molecular flexibility index (Phi) is 5.11. The second-order valence-corrected chi connectivity index (χ2v) is 3.77. The average Bonchev–Trinajstić information content (AvgIpc) is 1.99. The topological polar surface area (TPSA) is 107 Å². The first-order chi connectivity index (χ1) is 6.31. The van der Waals surface area contributed by atoms with Gasteiger partial charge in [0.05, 0.1) is 0 Å². The Morgan fingerprint density at radius 1 is 1.43 bits per heavy atom. The molecular formula is C8H17N3O3. The van der Waals surface area contributed by atoms with E-state index < -0.39 is 5.91 Å². The van der Waals surface area contributed by atoms with Crippen molar-refractivity contribution in [3.05, 3.63) is 0 Å². The van der Waals surface area contributed by atoms with Crippen LogP contribution in [0.15, 0.2) is 0 Å². The van der Waals surface area contributed by atoms with Crippen LogP contribution >= 0.6 is 0 Å². The second kappa shape index (κ2) is 5.56. The predicted molar refractivity (Wildman–Crippen MR) is 50.8 cm³/mol. The van der Waals surface area contributed by atoms with Gasteiger partial charge in [0.15, 0.2) is 6.61 Å². The fourth-order valence-corrected chi connectivity index (χ4v) is 0.674. The molecule has 0 aliphatic carbocycles. The summed E-state index contributed by atoms with van der Waals surface area (Å²) < 4.78 is 0. The molecule has 0 spiro atoms. The number of nitrogens with two attached hydrogens (primary N) is 2. The van der Waals surface area contributed by atoms with Gasteiger partial charge in [0.2, 0.25) is 11.8 Å². The molecule has 0 bridgehead atoms. The summed E-state index contributed by atoms with van der Waals surface area (Å²) in [5, 5.41) is 0. The van der Waals surface area contributed by atoms with Gasteiger partial charge in [-0.15, -0.1) is 0 Å². The molecule has 5 N–H and O–H groups in total. The smallest absolute Gasteiger partial charge is 0.246 e. The summed E-state index contributed by atoms with van der Waals surface area (Å²) in [6.45, 7) is 3.33. The van der Waals surface area contributed by atoms with Crippen LogP contribution in [0.1, 0.15) is 26.7 Å². The Morgan fingerprint density at radius 3 is 2.43 bits per heavy atom. The molecule has 82 valence electrons. The van der Waals surface area contributed by atoms with Crippen LogP contribution in [0.4, 0.5) is 0 Å². The van der Waals surface area contributed by atoms with E-state index in [1.807, 2.05) is 13.8 Å². The van der Waals surface area contributed by atoms with E-state index in [9.17, 15) is 9.59 Å². The minimum atomic E-state index is -0.635. The molecule has 0 aliphatic rings. The zero-order valence-electron chi connectivity index (χ0n) is 8.50. The highest BCUT2D eigenvalue weighted by Crippen LogP contribution is 2.06. The molecule has 0 aliphatic heterocycles. The van der Waals surface area contributed by atoms with E-state index in [2.05, 4.69) is 10.3 Å². The number of carbonyl (C=O) groups excluding carboxylic acids is 2. The molecule has 0 saturated heterocycles. The molecule has 14 heavy (non-hydrogen) atoms. The van der Waals surface area contributed by atoms with Crippen molar-refractivity contribution in [2.75, 3.05) is 6.61 Å². The summed E-state index contributed by atoms with van der Waals surface area (Å²) in [4.78, 5) is 25.8. The first-order valence-corrected chi connectivity index (χ1v) is 4.29. The zero-order chi connectivity index (χ0) is 11.2. The molecule has 0 unspecified atom stereocenters. The monoisotopic (exact) mass is 203 g/mol. The van der Waals surface area contributed by atoms with Crippen LogP contribution in [0.3, 0.4) is 0 Å². The van der Waals surface area contributed by atoms with Crippen molar-refractivity contribution in [1.29, 1.82) is 0 Å². The molecule has 2 amide bonds. The number of primary amides is 1. The van der Waals surface area contributed by atoms with Crippen LogP contribution in [0, 0.1) is 0 Å². The summed E-state index contributed by atoms with van der Waals surface area (Å²) in [5.41, 5.74) is 12.2. The van der Waals surface area contributed by atoms with E-state index in [1.54, 1.807) is 0 Å². The van der Waals surface area contributed by atoms with E-state index in [4.69, 9.17) is 11.5 Å². The van der Waals surface area contributed by atoms with Gasteiger partial charge in [-0.05, 0) is 20.3 Å². The first-order valence-electron chi connectivity index (χ1n) is 4.29. The minimum Gasteiger partial charge on any atom is -0.368 e. The highest BCUT2D eigenvalue weighted by atomic mass is 16.7. The Labute approximate surface area is 82.9 Å². The molecule has 0 saturated carbocycles. The Morgan fingerprint density at radius 2 is 2.00 bits per heavy atom. The third-order valence-electron chi connectivity index (χ3n) is 1.40.